The molecule has 1 aromatic rings. The normalized spacial score (nSPS) is 9.53. The van der Waals surface area contributed by atoms with Gasteiger partial charge in [0.05, 0.1) is 12.2 Å². The molecule has 0 aliphatic rings. The van der Waals surface area contributed by atoms with E-state index < -0.39 is 0 Å². The summed E-state index contributed by atoms with van der Waals surface area (Å²) in [6.45, 7) is 4.37. The monoisotopic (exact) mass is 218 g/mol. The second-order valence-corrected chi connectivity index (χ2v) is 3.54. The number of aromatic hydroxyl groups is 1. The van der Waals surface area contributed by atoms with Gasteiger partial charge in [-0.15, -0.1) is 0 Å². The first-order valence-electron chi connectivity index (χ1n) is 4.55. The van der Waals surface area contributed by atoms with E-state index >= 15 is 0 Å². The van der Waals surface area contributed by atoms with Crippen LogP contribution in [-0.2, 0) is 4.74 Å². The maximum absolute atomic E-state index is 11.4. The summed E-state index contributed by atoms with van der Waals surface area (Å²) in [5.41, 5.74) is 0.462. The van der Waals surface area contributed by atoms with Crippen LogP contribution in [0.1, 0.15) is 24.2 Å². The Kier molecular flexibility index (Phi) is 6.65. The van der Waals surface area contributed by atoms with Crippen molar-refractivity contribution < 1.29 is 14.6 Å². The van der Waals surface area contributed by atoms with Crippen molar-refractivity contribution in [1.29, 1.82) is 0 Å². The molecular weight excluding hydrogens is 203 g/mol. The van der Waals surface area contributed by atoms with Crippen molar-refractivity contribution in [2.45, 2.75) is 13.8 Å². The molecule has 0 spiro atoms. The van der Waals surface area contributed by atoms with E-state index in [0.717, 1.165) is 0 Å². The van der Waals surface area contributed by atoms with Gasteiger partial charge < -0.3 is 9.84 Å². The van der Waals surface area contributed by atoms with Gasteiger partial charge in [-0.3, -0.25) is 0 Å². The Morgan fingerprint density at radius 3 is 2.33 bits per heavy atom. The van der Waals surface area contributed by atoms with Crippen LogP contribution in [0.3, 0.4) is 0 Å². The van der Waals surface area contributed by atoms with E-state index in [9.17, 15) is 4.79 Å². The van der Waals surface area contributed by atoms with Crippen LogP contribution in [0.2, 0.25) is 0 Å². The molecule has 4 heteroatoms. The fourth-order valence-electron chi connectivity index (χ4n) is 0.923. The van der Waals surface area contributed by atoms with Crippen molar-refractivity contribution in [2.24, 2.45) is 5.92 Å². The first-order chi connectivity index (χ1) is 6.59. The van der Waals surface area contributed by atoms with E-state index in [4.69, 9.17) is 9.84 Å². The van der Waals surface area contributed by atoms with Crippen molar-refractivity contribution in [2.75, 3.05) is 6.61 Å². The summed E-state index contributed by atoms with van der Waals surface area (Å²) in [7, 11) is 0. The molecule has 0 unspecified atom stereocenters. The van der Waals surface area contributed by atoms with Crippen molar-refractivity contribution in [3.8, 4) is 5.75 Å². The summed E-state index contributed by atoms with van der Waals surface area (Å²) in [5, 5.41) is 9.00. The Bertz CT molecular complexity index is 306. The molecular formula is C11H15NaO3. The fraction of sp³-hybridized carbons (Fsp3) is 0.364. The standard InChI is InChI=1S/C11H14O3.Na.H/c1-8(2)7-14-11(13)9-3-5-10(12)6-4-9;;/h3-6,8,12H,7H2,1-2H3;;. The van der Waals surface area contributed by atoms with E-state index in [0.29, 0.717) is 18.1 Å². The van der Waals surface area contributed by atoms with Crippen LogP contribution in [-0.4, -0.2) is 47.2 Å². The van der Waals surface area contributed by atoms with E-state index in [1.807, 2.05) is 13.8 Å². The Balaban J connectivity index is 0.00000196. The third-order valence-electron chi connectivity index (χ3n) is 1.65. The van der Waals surface area contributed by atoms with Crippen LogP contribution >= 0.6 is 0 Å². The summed E-state index contributed by atoms with van der Waals surface area (Å²) < 4.78 is 5.01. The fourth-order valence-corrected chi connectivity index (χ4v) is 0.923. The maximum atomic E-state index is 11.4. The van der Waals surface area contributed by atoms with Gasteiger partial charge in [-0.25, -0.2) is 4.79 Å². The molecule has 0 fully saturated rings. The molecule has 0 saturated carbocycles. The SMILES string of the molecule is CC(C)COC(=O)c1ccc(O)cc1.[NaH]. The Hall–Kier alpha value is -0.510. The zero-order valence-corrected chi connectivity index (χ0v) is 8.36. The number of carbonyl (C=O) groups is 1. The van der Waals surface area contributed by atoms with Crippen LogP contribution in [0.5, 0.6) is 5.75 Å². The van der Waals surface area contributed by atoms with Gasteiger partial charge in [0.2, 0.25) is 0 Å². The Morgan fingerprint density at radius 2 is 1.87 bits per heavy atom. The molecule has 0 radical (unpaired) electrons. The second-order valence-electron chi connectivity index (χ2n) is 3.54. The number of benzene rings is 1. The third-order valence-corrected chi connectivity index (χ3v) is 1.65. The quantitative estimate of drug-likeness (QED) is 0.618. The molecule has 1 N–H and O–H groups in total. The molecule has 0 amide bonds. The molecule has 0 heterocycles. The van der Waals surface area contributed by atoms with Gasteiger partial charge in [0.1, 0.15) is 5.75 Å². The zero-order chi connectivity index (χ0) is 10.6. The molecule has 0 aromatic heterocycles. The topological polar surface area (TPSA) is 46.5 Å². The van der Waals surface area contributed by atoms with Crippen molar-refractivity contribution in [3.63, 3.8) is 0 Å². The average molecular weight is 218 g/mol. The van der Waals surface area contributed by atoms with Crippen LogP contribution in [0.4, 0.5) is 0 Å². The number of phenolic OH excluding ortho intramolecular Hbond substituents is 1. The van der Waals surface area contributed by atoms with Crippen molar-refractivity contribution in [1.82, 2.24) is 0 Å². The molecule has 1 rings (SSSR count). The van der Waals surface area contributed by atoms with Crippen molar-refractivity contribution >= 4 is 35.5 Å². The number of esters is 1. The van der Waals surface area contributed by atoms with Gasteiger partial charge in [0.15, 0.2) is 0 Å². The number of ether oxygens (including phenoxy) is 1. The van der Waals surface area contributed by atoms with Gasteiger partial charge in [0.25, 0.3) is 0 Å². The number of carbonyl (C=O) groups excluding carboxylic acids is 1. The van der Waals surface area contributed by atoms with Crippen LogP contribution in [0.15, 0.2) is 24.3 Å². The number of rotatable bonds is 3. The number of hydrogen-bond donors (Lipinski definition) is 1. The number of hydrogen-bond acceptors (Lipinski definition) is 3. The number of phenols is 1. The van der Waals surface area contributed by atoms with Crippen LogP contribution < -0.4 is 0 Å². The predicted molar refractivity (Wildman–Crippen MR) is 60.4 cm³/mol. The minimum atomic E-state index is -0.348. The van der Waals surface area contributed by atoms with E-state index in [2.05, 4.69) is 0 Å². The molecule has 15 heavy (non-hydrogen) atoms. The molecule has 1 aromatic carbocycles. The summed E-state index contributed by atoms with van der Waals surface area (Å²) >= 11 is 0. The predicted octanol–water partition coefficient (Wildman–Crippen LogP) is 1.56. The van der Waals surface area contributed by atoms with Crippen molar-refractivity contribution in [3.05, 3.63) is 29.8 Å². The van der Waals surface area contributed by atoms with E-state index in [1.165, 1.54) is 24.3 Å². The van der Waals surface area contributed by atoms with Crippen LogP contribution in [0.25, 0.3) is 0 Å². The van der Waals surface area contributed by atoms with Gasteiger partial charge in [-0.05, 0) is 30.2 Å². The van der Waals surface area contributed by atoms with Gasteiger partial charge in [-0.1, -0.05) is 13.8 Å². The third kappa shape index (κ3) is 5.21. The van der Waals surface area contributed by atoms with Gasteiger partial charge in [-0.2, -0.15) is 0 Å². The summed E-state index contributed by atoms with van der Waals surface area (Å²) in [5.74, 6) is 0.125. The van der Waals surface area contributed by atoms with E-state index in [1.54, 1.807) is 0 Å². The Labute approximate surface area is 112 Å². The molecule has 0 aliphatic heterocycles. The summed E-state index contributed by atoms with van der Waals surface area (Å²) in [6, 6.07) is 6.01. The zero-order valence-electron chi connectivity index (χ0n) is 8.36. The molecule has 0 atom stereocenters. The van der Waals surface area contributed by atoms with Gasteiger partial charge in [0, 0.05) is 0 Å². The van der Waals surface area contributed by atoms with Crippen LogP contribution in [0, 0.1) is 5.92 Å². The Morgan fingerprint density at radius 1 is 1.33 bits per heavy atom. The minimum absolute atomic E-state index is 0. The average Bonchev–Trinajstić information content (AvgIpc) is 2.15. The molecule has 3 nitrogen and oxygen atoms in total. The van der Waals surface area contributed by atoms with E-state index in [-0.39, 0.29) is 41.3 Å². The second kappa shape index (κ2) is 6.88. The molecule has 0 bridgehead atoms. The van der Waals surface area contributed by atoms with Gasteiger partial charge >= 0.3 is 35.5 Å². The molecule has 0 saturated heterocycles. The summed E-state index contributed by atoms with van der Waals surface area (Å²) in [6.07, 6.45) is 0. The molecule has 0 aliphatic carbocycles. The molecule has 78 valence electrons. The first-order valence-corrected chi connectivity index (χ1v) is 4.55. The summed E-state index contributed by atoms with van der Waals surface area (Å²) in [4.78, 5) is 11.4. The first kappa shape index (κ1) is 14.5.